The lowest BCUT2D eigenvalue weighted by Gasteiger charge is -2.10. The molecule has 0 aliphatic rings. The van der Waals surface area contributed by atoms with Crippen molar-refractivity contribution >= 4 is 33.2 Å². The van der Waals surface area contributed by atoms with Crippen LogP contribution in [0.2, 0.25) is 5.02 Å². The summed E-state index contributed by atoms with van der Waals surface area (Å²) in [5.41, 5.74) is 1.50. The van der Waals surface area contributed by atoms with Crippen LogP contribution in [-0.4, -0.2) is 27.2 Å². The van der Waals surface area contributed by atoms with Crippen molar-refractivity contribution in [3.63, 3.8) is 0 Å². The number of carbonyl (C=O) groups excluding carboxylic acids is 1. The van der Waals surface area contributed by atoms with E-state index in [0.29, 0.717) is 18.7 Å². The maximum absolute atomic E-state index is 12.2. The molecule has 8 heteroatoms. The first-order valence-electron chi connectivity index (χ1n) is 7.56. The lowest BCUT2D eigenvalue weighted by atomic mass is 10.1. The van der Waals surface area contributed by atoms with E-state index in [0.717, 1.165) is 17.6 Å². The highest BCUT2D eigenvalue weighted by Crippen LogP contribution is 2.24. The third kappa shape index (κ3) is 5.95. The van der Waals surface area contributed by atoms with Crippen molar-refractivity contribution in [2.24, 2.45) is 0 Å². The summed E-state index contributed by atoms with van der Waals surface area (Å²) in [6.07, 6.45) is 1.03. The fourth-order valence-electron chi connectivity index (χ4n) is 2.09. The molecule has 0 fully saturated rings. The molecule has 0 atom stereocenters. The molecular formula is C17H19ClN2O4S. The van der Waals surface area contributed by atoms with Crippen molar-refractivity contribution in [2.45, 2.75) is 13.5 Å². The number of hydrogen-bond donors (Lipinski definition) is 2. The molecule has 2 N–H and O–H groups in total. The molecule has 2 aromatic carbocycles. The molecule has 2 aromatic rings. The number of anilines is 1. The molecule has 6 nitrogen and oxygen atoms in total. The topological polar surface area (TPSA) is 84.5 Å². The number of benzene rings is 2. The van der Waals surface area contributed by atoms with Gasteiger partial charge in [0, 0.05) is 12.1 Å². The fraction of sp³-hybridized carbons (Fsp3) is 0.235. The summed E-state index contributed by atoms with van der Waals surface area (Å²) in [5.74, 6) is 0.472. The number of amides is 1. The van der Waals surface area contributed by atoms with Crippen molar-refractivity contribution in [1.29, 1.82) is 0 Å². The summed E-state index contributed by atoms with van der Waals surface area (Å²) in [5, 5.41) is 2.94. The van der Waals surface area contributed by atoms with Gasteiger partial charge in [-0.2, -0.15) is 0 Å². The van der Waals surface area contributed by atoms with Gasteiger partial charge in [0.1, 0.15) is 5.75 Å². The highest BCUT2D eigenvalue weighted by atomic mass is 35.5. The van der Waals surface area contributed by atoms with E-state index in [9.17, 15) is 13.2 Å². The van der Waals surface area contributed by atoms with Crippen LogP contribution < -0.4 is 14.8 Å². The van der Waals surface area contributed by atoms with Crippen LogP contribution in [0.1, 0.15) is 22.8 Å². The molecule has 0 saturated carbocycles. The second-order valence-electron chi connectivity index (χ2n) is 5.33. The van der Waals surface area contributed by atoms with Crippen LogP contribution in [-0.2, 0) is 16.6 Å². The van der Waals surface area contributed by atoms with Gasteiger partial charge in [0.25, 0.3) is 5.91 Å². The van der Waals surface area contributed by atoms with E-state index in [1.807, 2.05) is 31.2 Å². The number of sulfonamides is 1. The first kappa shape index (κ1) is 19.1. The Bertz CT molecular complexity index is 851. The van der Waals surface area contributed by atoms with Crippen LogP contribution >= 0.6 is 11.6 Å². The Labute approximate surface area is 152 Å². The fourth-order valence-corrected chi connectivity index (χ4v) is 2.95. The number of ether oxygens (including phenoxy) is 1. The summed E-state index contributed by atoms with van der Waals surface area (Å²) >= 11 is 6.02. The van der Waals surface area contributed by atoms with Gasteiger partial charge in [0.2, 0.25) is 10.0 Å². The van der Waals surface area contributed by atoms with Crippen molar-refractivity contribution in [2.75, 3.05) is 17.6 Å². The van der Waals surface area contributed by atoms with Gasteiger partial charge < -0.3 is 10.1 Å². The van der Waals surface area contributed by atoms with Crippen LogP contribution in [0.5, 0.6) is 5.75 Å². The Balaban J connectivity index is 1.99. The number of rotatable bonds is 7. The third-order valence-electron chi connectivity index (χ3n) is 3.21. The molecule has 0 bridgehead atoms. The number of carbonyl (C=O) groups is 1. The Kier molecular flexibility index (Phi) is 6.27. The van der Waals surface area contributed by atoms with E-state index in [1.54, 1.807) is 0 Å². The lowest BCUT2D eigenvalue weighted by Crippen LogP contribution is -2.22. The molecule has 0 radical (unpaired) electrons. The Morgan fingerprint density at radius 3 is 2.40 bits per heavy atom. The number of halogens is 1. The lowest BCUT2D eigenvalue weighted by molar-refractivity contribution is 0.0951. The zero-order valence-corrected chi connectivity index (χ0v) is 15.4. The van der Waals surface area contributed by atoms with Gasteiger partial charge >= 0.3 is 0 Å². The molecule has 25 heavy (non-hydrogen) atoms. The number of nitrogens with one attached hydrogen (secondary N) is 2. The van der Waals surface area contributed by atoms with Gasteiger partial charge in [-0.3, -0.25) is 9.52 Å². The van der Waals surface area contributed by atoms with Crippen LogP contribution in [0.3, 0.4) is 0 Å². The minimum absolute atomic E-state index is 0.152. The highest BCUT2D eigenvalue weighted by molar-refractivity contribution is 7.92. The van der Waals surface area contributed by atoms with Gasteiger partial charge in [-0.25, -0.2) is 8.42 Å². The SMILES string of the molecule is CCOc1ccc(CNC(=O)c2ccc(NS(C)(=O)=O)c(Cl)c2)cc1. The second kappa shape index (κ2) is 8.22. The molecule has 0 saturated heterocycles. The van der Waals surface area contributed by atoms with E-state index in [2.05, 4.69) is 10.0 Å². The molecule has 1 amide bonds. The summed E-state index contributed by atoms with van der Waals surface area (Å²) in [6.45, 7) is 2.86. The predicted octanol–water partition coefficient (Wildman–Crippen LogP) is 3.04. The van der Waals surface area contributed by atoms with Crippen LogP contribution in [0, 0.1) is 0 Å². The predicted molar refractivity (Wildman–Crippen MR) is 98.7 cm³/mol. The summed E-state index contributed by atoms with van der Waals surface area (Å²) in [4.78, 5) is 12.2. The van der Waals surface area contributed by atoms with E-state index in [4.69, 9.17) is 16.3 Å². The number of hydrogen-bond acceptors (Lipinski definition) is 4. The van der Waals surface area contributed by atoms with Gasteiger partial charge in [-0.1, -0.05) is 23.7 Å². The average molecular weight is 383 g/mol. The van der Waals surface area contributed by atoms with E-state index >= 15 is 0 Å². The van der Waals surface area contributed by atoms with E-state index in [1.165, 1.54) is 18.2 Å². The highest BCUT2D eigenvalue weighted by Gasteiger charge is 2.11. The Hall–Kier alpha value is -2.25. The van der Waals surface area contributed by atoms with Crippen molar-refractivity contribution < 1.29 is 17.9 Å². The summed E-state index contributed by atoms with van der Waals surface area (Å²) in [7, 11) is -3.43. The van der Waals surface area contributed by atoms with Crippen LogP contribution in [0.4, 0.5) is 5.69 Å². The second-order valence-corrected chi connectivity index (χ2v) is 7.48. The average Bonchev–Trinajstić information content (AvgIpc) is 2.55. The minimum Gasteiger partial charge on any atom is -0.494 e. The van der Waals surface area contributed by atoms with Crippen LogP contribution in [0.25, 0.3) is 0 Å². The first-order valence-corrected chi connectivity index (χ1v) is 9.82. The smallest absolute Gasteiger partial charge is 0.251 e. The maximum Gasteiger partial charge on any atom is 0.251 e. The molecule has 0 aliphatic heterocycles. The zero-order chi connectivity index (χ0) is 18.4. The van der Waals surface area contributed by atoms with Gasteiger partial charge in [0.15, 0.2) is 0 Å². The standard InChI is InChI=1S/C17H19ClN2O4S/c1-3-24-14-7-4-12(5-8-14)11-19-17(21)13-6-9-16(15(18)10-13)20-25(2,22)23/h4-10,20H,3,11H2,1-2H3,(H,19,21). The maximum atomic E-state index is 12.2. The normalized spacial score (nSPS) is 11.0. The minimum atomic E-state index is -3.43. The van der Waals surface area contributed by atoms with Gasteiger partial charge in [-0.15, -0.1) is 0 Å². The van der Waals surface area contributed by atoms with Gasteiger partial charge in [-0.05, 0) is 42.8 Å². The quantitative estimate of drug-likeness (QED) is 0.770. The molecule has 0 unspecified atom stereocenters. The largest absolute Gasteiger partial charge is 0.494 e. The van der Waals surface area contributed by atoms with E-state index < -0.39 is 10.0 Å². The van der Waals surface area contributed by atoms with Gasteiger partial charge in [0.05, 0.1) is 23.6 Å². The monoisotopic (exact) mass is 382 g/mol. The molecular weight excluding hydrogens is 364 g/mol. The first-order chi connectivity index (χ1) is 11.8. The van der Waals surface area contributed by atoms with Crippen molar-refractivity contribution in [3.8, 4) is 5.75 Å². The molecule has 0 aliphatic carbocycles. The Morgan fingerprint density at radius 2 is 1.84 bits per heavy atom. The van der Waals surface area contributed by atoms with Crippen molar-refractivity contribution in [1.82, 2.24) is 5.32 Å². The molecule has 0 heterocycles. The third-order valence-corrected chi connectivity index (χ3v) is 4.12. The zero-order valence-electron chi connectivity index (χ0n) is 13.9. The summed E-state index contributed by atoms with van der Waals surface area (Å²) in [6, 6.07) is 11.8. The molecule has 2 rings (SSSR count). The molecule has 0 aromatic heterocycles. The molecule has 134 valence electrons. The summed E-state index contributed by atoms with van der Waals surface area (Å²) < 4.78 is 30.1. The van der Waals surface area contributed by atoms with Crippen LogP contribution in [0.15, 0.2) is 42.5 Å². The Morgan fingerprint density at radius 1 is 1.16 bits per heavy atom. The molecule has 0 spiro atoms. The van der Waals surface area contributed by atoms with E-state index in [-0.39, 0.29) is 16.6 Å². The van der Waals surface area contributed by atoms with Crippen molar-refractivity contribution in [3.05, 3.63) is 58.6 Å².